The van der Waals surface area contributed by atoms with E-state index in [0.717, 1.165) is 19.5 Å². The van der Waals surface area contributed by atoms with Gasteiger partial charge >= 0.3 is 0 Å². The Morgan fingerprint density at radius 3 is 2.50 bits per heavy atom. The van der Waals surface area contributed by atoms with E-state index >= 15 is 0 Å². The fourth-order valence-corrected chi connectivity index (χ4v) is 2.96. The number of hydrogen-bond donors (Lipinski definition) is 1. The van der Waals surface area contributed by atoms with Crippen molar-refractivity contribution in [3.63, 3.8) is 0 Å². The molecule has 0 aromatic carbocycles. The molecule has 1 unspecified atom stereocenters. The first-order chi connectivity index (χ1) is 9.46. The Kier molecular flexibility index (Phi) is 4.68. The van der Waals surface area contributed by atoms with Crippen molar-refractivity contribution in [3.05, 3.63) is 5.28 Å². The van der Waals surface area contributed by atoms with Gasteiger partial charge in [0.1, 0.15) is 0 Å². The molecule has 1 fully saturated rings. The summed E-state index contributed by atoms with van der Waals surface area (Å²) in [6.07, 6.45) is 3.62. The predicted molar refractivity (Wildman–Crippen MR) is 83.4 cm³/mol. The lowest BCUT2D eigenvalue weighted by Gasteiger charge is -2.28. The summed E-state index contributed by atoms with van der Waals surface area (Å²) in [6.45, 7) is 10.4. The predicted octanol–water partition coefficient (Wildman–Crippen LogP) is 3.36. The van der Waals surface area contributed by atoms with E-state index in [0.29, 0.717) is 17.9 Å². The summed E-state index contributed by atoms with van der Waals surface area (Å²) in [5.74, 6) is 1.24. The van der Waals surface area contributed by atoms with Gasteiger partial charge in [0, 0.05) is 19.1 Å². The van der Waals surface area contributed by atoms with Crippen molar-refractivity contribution in [2.45, 2.75) is 53.0 Å². The molecule has 1 N–H and O–H groups in total. The second-order valence-electron chi connectivity index (χ2n) is 5.98. The SMILES string of the molecule is CCN(CC)c1nc(Cl)nc(NC2CCCC2(C)C)n1. The molecule has 1 aromatic rings. The van der Waals surface area contributed by atoms with Gasteiger partial charge in [-0.15, -0.1) is 0 Å². The maximum atomic E-state index is 6.04. The molecule has 1 heterocycles. The minimum absolute atomic E-state index is 0.250. The van der Waals surface area contributed by atoms with Crippen LogP contribution in [0, 0.1) is 5.41 Å². The molecule has 1 aromatic heterocycles. The Balaban J connectivity index is 2.20. The van der Waals surface area contributed by atoms with Gasteiger partial charge < -0.3 is 10.2 Å². The molecule has 5 nitrogen and oxygen atoms in total. The standard InChI is InChI=1S/C14H24ClN5/c1-5-20(6-2)13-18-11(15)17-12(19-13)16-10-8-7-9-14(10,3)4/h10H,5-9H2,1-4H3,(H,16,17,18,19). The molecule has 0 radical (unpaired) electrons. The van der Waals surface area contributed by atoms with E-state index in [9.17, 15) is 0 Å². The number of nitrogens with zero attached hydrogens (tertiary/aromatic N) is 4. The summed E-state index contributed by atoms with van der Waals surface area (Å²) in [5.41, 5.74) is 0.272. The van der Waals surface area contributed by atoms with Gasteiger partial charge in [0.05, 0.1) is 0 Å². The van der Waals surface area contributed by atoms with Crippen LogP contribution in [0.5, 0.6) is 0 Å². The molecule has 1 saturated carbocycles. The quantitative estimate of drug-likeness (QED) is 0.903. The second kappa shape index (κ2) is 6.12. The molecule has 0 spiro atoms. The highest BCUT2D eigenvalue weighted by molar-refractivity contribution is 6.28. The monoisotopic (exact) mass is 297 g/mol. The zero-order chi connectivity index (χ0) is 14.8. The van der Waals surface area contributed by atoms with E-state index in [2.05, 4.69) is 52.9 Å². The van der Waals surface area contributed by atoms with Crippen LogP contribution in [-0.4, -0.2) is 34.1 Å². The fraction of sp³-hybridized carbons (Fsp3) is 0.786. The zero-order valence-corrected chi connectivity index (χ0v) is 13.5. The maximum Gasteiger partial charge on any atom is 0.231 e. The third kappa shape index (κ3) is 3.32. The first kappa shape index (κ1) is 15.3. The Labute approximate surface area is 126 Å². The fourth-order valence-electron chi connectivity index (χ4n) is 2.80. The van der Waals surface area contributed by atoms with Gasteiger partial charge in [-0.25, -0.2) is 0 Å². The molecule has 2 rings (SSSR count). The molecule has 112 valence electrons. The van der Waals surface area contributed by atoms with Gasteiger partial charge in [0.2, 0.25) is 17.2 Å². The van der Waals surface area contributed by atoms with E-state index in [4.69, 9.17) is 11.6 Å². The van der Waals surface area contributed by atoms with Crippen molar-refractivity contribution in [2.24, 2.45) is 5.41 Å². The summed E-state index contributed by atoms with van der Waals surface area (Å²) >= 11 is 6.04. The zero-order valence-electron chi connectivity index (χ0n) is 12.8. The topological polar surface area (TPSA) is 53.9 Å². The second-order valence-corrected chi connectivity index (χ2v) is 6.32. The lowest BCUT2D eigenvalue weighted by molar-refractivity contribution is 0.348. The Hall–Kier alpha value is -1.10. The van der Waals surface area contributed by atoms with E-state index < -0.39 is 0 Å². The molecule has 6 heteroatoms. The maximum absolute atomic E-state index is 6.04. The van der Waals surface area contributed by atoms with E-state index in [-0.39, 0.29) is 10.7 Å². The molecule has 1 aliphatic rings. The smallest absolute Gasteiger partial charge is 0.231 e. The summed E-state index contributed by atoms with van der Waals surface area (Å²) in [5, 5.41) is 3.69. The van der Waals surface area contributed by atoms with Crippen LogP contribution in [0.1, 0.15) is 47.0 Å². The number of hydrogen-bond acceptors (Lipinski definition) is 5. The Morgan fingerprint density at radius 2 is 1.95 bits per heavy atom. The van der Waals surface area contributed by atoms with E-state index in [1.807, 2.05) is 0 Å². The van der Waals surface area contributed by atoms with Gasteiger partial charge in [-0.05, 0) is 43.7 Å². The third-order valence-corrected chi connectivity index (χ3v) is 4.37. The summed E-state index contributed by atoms with van der Waals surface area (Å²) in [7, 11) is 0. The Morgan fingerprint density at radius 1 is 1.25 bits per heavy atom. The normalized spacial score (nSPS) is 20.9. The van der Waals surface area contributed by atoms with Crippen LogP contribution in [0.2, 0.25) is 5.28 Å². The molecule has 0 saturated heterocycles. The third-order valence-electron chi connectivity index (χ3n) is 4.20. The van der Waals surface area contributed by atoms with E-state index in [1.165, 1.54) is 12.8 Å². The molecular formula is C14H24ClN5. The van der Waals surface area contributed by atoms with Crippen LogP contribution in [0.4, 0.5) is 11.9 Å². The van der Waals surface area contributed by atoms with Crippen molar-refractivity contribution in [3.8, 4) is 0 Å². The van der Waals surface area contributed by atoms with Crippen LogP contribution in [0.15, 0.2) is 0 Å². The molecule has 1 aliphatic carbocycles. The van der Waals surface area contributed by atoms with Gasteiger partial charge in [0.15, 0.2) is 0 Å². The summed E-state index contributed by atoms with van der Waals surface area (Å²) in [6, 6.07) is 0.394. The number of halogens is 1. The molecule has 20 heavy (non-hydrogen) atoms. The lowest BCUT2D eigenvalue weighted by Crippen LogP contribution is -2.32. The first-order valence-electron chi connectivity index (χ1n) is 7.39. The lowest BCUT2D eigenvalue weighted by atomic mass is 9.87. The van der Waals surface area contributed by atoms with Crippen molar-refractivity contribution in [1.29, 1.82) is 0 Å². The average Bonchev–Trinajstić information content (AvgIpc) is 2.70. The highest BCUT2D eigenvalue weighted by atomic mass is 35.5. The molecule has 0 amide bonds. The van der Waals surface area contributed by atoms with Gasteiger partial charge in [-0.2, -0.15) is 15.0 Å². The Bertz CT molecular complexity index is 459. The van der Waals surface area contributed by atoms with Crippen LogP contribution >= 0.6 is 11.6 Å². The average molecular weight is 298 g/mol. The highest BCUT2D eigenvalue weighted by Crippen LogP contribution is 2.38. The summed E-state index contributed by atoms with van der Waals surface area (Å²) in [4.78, 5) is 15.0. The number of aromatic nitrogens is 3. The molecule has 0 aliphatic heterocycles. The van der Waals surface area contributed by atoms with Crippen LogP contribution in [0.25, 0.3) is 0 Å². The largest absolute Gasteiger partial charge is 0.351 e. The van der Waals surface area contributed by atoms with Crippen LogP contribution < -0.4 is 10.2 Å². The van der Waals surface area contributed by atoms with Crippen LogP contribution in [-0.2, 0) is 0 Å². The van der Waals surface area contributed by atoms with Crippen LogP contribution in [0.3, 0.4) is 0 Å². The highest BCUT2D eigenvalue weighted by Gasteiger charge is 2.35. The van der Waals surface area contributed by atoms with Gasteiger partial charge in [-0.1, -0.05) is 20.3 Å². The molecule has 0 bridgehead atoms. The first-order valence-corrected chi connectivity index (χ1v) is 7.77. The minimum Gasteiger partial charge on any atom is -0.351 e. The van der Waals surface area contributed by atoms with Gasteiger partial charge in [0.25, 0.3) is 0 Å². The number of rotatable bonds is 5. The van der Waals surface area contributed by atoms with Crippen molar-refractivity contribution < 1.29 is 0 Å². The van der Waals surface area contributed by atoms with Crippen molar-refractivity contribution in [1.82, 2.24) is 15.0 Å². The van der Waals surface area contributed by atoms with Crippen molar-refractivity contribution >= 4 is 23.5 Å². The van der Waals surface area contributed by atoms with Gasteiger partial charge in [-0.3, -0.25) is 0 Å². The number of anilines is 2. The molecular weight excluding hydrogens is 274 g/mol. The summed E-state index contributed by atoms with van der Waals surface area (Å²) < 4.78 is 0. The van der Waals surface area contributed by atoms with Crippen molar-refractivity contribution in [2.75, 3.05) is 23.3 Å². The minimum atomic E-state index is 0.250. The number of nitrogens with one attached hydrogen (secondary N) is 1. The molecule has 1 atom stereocenters. The van der Waals surface area contributed by atoms with E-state index in [1.54, 1.807) is 0 Å².